The van der Waals surface area contributed by atoms with E-state index in [-0.39, 0.29) is 29.8 Å². The van der Waals surface area contributed by atoms with Gasteiger partial charge in [-0.2, -0.15) is 0 Å². The van der Waals surface area contributed by atoms with Crippen LogP contribution >= 0.6 is 12.4 Å². The summed E-state index contributed by atoms with van der Waals surface area (Å²) in [4.78, 5) is 26.5. The number of likely N-dealkylation sites (tertiary alicyclic amines) is 1. The van der Waals surface area contributed by atoms with Gasteiger partial charge in [-0.25, -0.2) is 0 Å². The molecule has 3 atom stereocenters. The molecule has 1 aromatic heterocycles. The number of fused-ring (bicyclic) bond motifs is 4. The number of carbonyl (C=O) groups is 1. The lowest BCUT2D eigenvalue weighted by molar-refractivity contribution is -0.135. The fraction of sp³-hybridized carbons (Fsp3) is 0.647. The van der Waals surface area contributed by atoms with E-state index in [1.165, 1.54) is 0 Å². The number of hydrogen-bond acceptors (Lipinski definition) is 3. The number of rotatable bonds is 3. The van der Waals surface area contributed by atoms with Crippen LogP contribution in [0, 0.1) is 11.8 Å². The number of nitrogens with zero attached hydrogens (tertiary/aromatic N) is 2. The van der Waals surface area contributed by atoms with Crippen molar-refractivity contribution in [2.45, 2.75) is 45.2 Å². The Balaban J connectivity index is 0.00000192. The second kappa shape index (κ2) is 7.05. The molecule has 3 rings (SSSR count). The minimum absolute atomic E-state index is 0. The van der Waals surface area contributed by atoms with Crippen LogP contribution in [0.2, 0.25) is 0 Å². The van der Waals surface area contributed by atoms with Gasteiger partial charge in [0.15, 0.2) is 0 Å². The summed E-state index contributed by atoms with van der Waals surface area (Å²) < 4.78 is 1.88. The number of nitrogens with two attached hydrogens (primary N) is 1. The zero-order chi connectivity index (χ0) is 15.9. The molecule has 2 bridgehead atoms. The SMILES string of the molecule is CC(C)C[C@@H](N)C(=O)N1C[C@@H]2C[C@H](C1)c1cccc(=O)n1C2.Cl. The number of pyridine rings is 1. The van der Waals surface area contributed by atoms with Crippen molar-refractivity contribution in [3.05, 3.63) is 34.2 Å². The number of halogens is 1. The summed E-state index contributed by atoms with van der Waals surface area (Å²) in [5.41, 5.74) is 7.21. The summed E-state index contributed by atoms with van der Waals surface area (Å²) in [5, 5.41) is 0. The second-order valence-corrected chi connectivity index (χ2v) is 7.18. The fourth-order valence-corrected chi connectivity index (χ4v) is 3.92. The first kappa shape index (κ1) is 18.0. The summed E-state index contributed by atoms with van der Waals surface area (Å²) in [6.07, 6.45) is 1.79. The molecule has 5 nitrogen and oxygen atoms in total. The van der Waals surface area contributed by atoms with Gasteiger partial charge >= 0.3 is 0 Å². The molecule has 0 spiro atoms. The highest BCUT2D eigenvalue weighted by atomic mass is 35.5. The van der Waals surface area contributed by atoms with E-state index in [4.69, 9.17) is 5.73 Å². The van der Waals surface area contributed by atoms with Crippen LogP contribution in [-0.4, -0.2) is 34.5 Å². The van der Waals surface area contributed by atoms with Gasteiger partial charge in [0.2, 0.25) is 5.91 Å². The molecule has 0 unspecified atom stereocenters. The highest BCUT2D eigenvalue weighted by Gasteiger charge is 2.37. The third-order valence-corrected chi connectivity index (χ3v) is 4.83. The smallest absolute Gasteiger partial charge is 0.250 e. The summed E-state index contributed by atoms with van der Waals surface area (Å²) in [6, 6.07) is 5.05. The summed E-state index contributed by atoms with van der Waals surface area (Å²) in [7, 11) is 0. The molecule has 0 aromatic carbocycles. The van der Waals surface area contributed by atoms with Crippen LogP contribution in [0.15, 0.2) is 23.0 Å². The topological polar surface area (TPSA) is 68.3 Å². The maximum atomic E-state index is 12.6. The summed E-state index contributed by atoms with van der Waals surface area (Å²) in [6.45, 7) is 6.29. The molecule has 0 aliphatic carbocycles. The molecule has 1 saturated heterocycles. The van der Waals surface area contributed by atoms with Crippen LogP contribution in [-0.2, 0) is 11.3 Å². The molecule has 1 aromatic rings. The molecule has 2 aliphatic heterocycles. The van der Waals surface area contributed by atoms with E-state index in [0.29, 0.717) is 24.9 Å². The molecule has 128 valence electrons. The van der Waals surface area contributed by atoms with Gasteiger partial charge in [-0.1, -0.05) is 19.9 Å². The molecule has 1 amide bonds. The predicted octanol–water partition coefficient (Wildman–Crippen LogP) is 1.59. The predicted molar refractivity (Wildman–Crippen MR) is 92.8 cm³/mol. The first-order valence-electron chi connectivity index (χ1n) is 8.19. The third-order valence-electron chi connectivity index (χ3n) is 4.83. The molecule has 0 saturated carbocycles. The van der Waals surface area contributed by atoms with E-state index >= 15 is 0 Å². The number of hydrogen-bond donors (Lipinski definition) is 1. The zero-order valence-electron chi connectivity index (χ0n) is 13.8. The first-order chi connectivity index (χ1) is 10.5. The van der Waals surface area contributed by atoms with Gasteiger partial charge < -0.3 is 15.2 Å². The minimum atomic E-state index is -0.406. The van der Waals surface area contributed by atoms with Gasteiger partial charge in [-0.3, -0.25) is 9.59 Å². The van der Waals surface area contributed by atoms with Crippen LogP contribution in [0.5, 0.6) is 0 Å². The molecule has 6 heteroatoms. The molecule has 3 heterocycles. The quantitative estimate of drug-likeness (QED) is 0.909. The van der Waals surface area contributed by atoms with E-state index < -0.39 is 6.04 Å². The lowest BCUT2D eigenvalue weighted by atomic mass is 9.83. The molecule has 2 N–H and O–H groups in total. The number of amides is 1. The van der Waals surface area contributed by atoms with Gasteiger partial charge in [0.05, 0.1) is 6.04 Å². The normalized spacial score (nSPS) is 23.9. The average molecular weight is 340 g/mol. The van der Waals surface area contributed by atoms with Crippen LogP contribution in [0.3, 0.4) is 0 Å². The van der Waals surface area contributed by atoms with Gasteiger partial charge in [0.25, 0.3) is 5.56 Å². The van der Waals surface area contributed by atoms with Crippen molar-refractivity contribution in [1.29, 1.82) is 0 Å². The largest absolute Gasteiger partial charge is 0.340 e. The van der Waals surface area contributed by atoms with E-state index in [1.54, 1.807) is 6.07 Å². The van der Waals surface area contributed by atoms with Crippen molar-refractivity contribution in [3.63, 3.8) is 0 Å². The summed E-state index contributed by atoms with van der Waals surface area (Å²) >= 11 is 0. The van der Waals surface area contributed by atoms with Crippen molar-refractivity contribution < 1.29 is 4.79 Å². The molecule has 0 radical (unpaired) electrons. The molecule has 1 fully saturated rings. The Hall–Kier alpha value is -1.33. The van der Waals surface area contributed by atoms with E-state index in [9.17, 15) is 9.59 Å². The molecule has 23 heavy (non-hydrogen) atoms. The zero-order valence-corrected chi connectivity index (χ0v) is 14.6. The standard InChI is InChI=1S/C17H25N3O2.ClH/c1-11(2)6-14(18)17(22)19-8-12-7-13(10-19)15-4-3-5-16(21)20(15)9-12;/h3-5,11-14H,6-10,18H2,1-2H3;1H/t12-,13+,14+;/m0./s1. The second-order valence-electron chi connectivity index (χ2n) is 7.18. The Morgan fingerprint density at radius 2 is 2.04 bits per heavy atom. The van der Waals surface area contributed by atoms with Crippen LogP contribution in [0.1, 0.15) is 38.3 Å². The van der Waals surface area contributed by atoms with Crippen molar-refractivity contribution in [1.82, 2.24) is 9.47 Å². The molecular weight excluding hydrogens is 314 g/mol. The van der Waals surface area contributed by atoms with Crippen LogP contribution in [0.4, 0.5) is 0 Å². The highest BCUT2D eigenvalue weighted by Crippen LogP contribution is 2.35. The lowest BCUT2D eigenvalue weighted by Crippen LogP contribution is -2.53. The van der Waals surface area contributed by atoms with Gasteiger partial charge in [0.1, 0.15) is 0 Å². The third kappa shape index (κ3) is 3.61. The Labute approximate surface area is 143 Å². The van der Waals surface area contributed by atoms with Crippen molar-refractivity contribution in [3.8, 4) is 0 Å². The Morgan fingerprint density at radius 1 is 1.30 bits per heavy atom. The Bertz CT molecular complexity index is 629. The van der Waals surface area contributed by atoms with Gasteiger partial charge in [-0.15, -0.1) is 12.4 Å². The van der Waals surface area contributed by atoms with E-state index in [2.05, 4.69) is 13.8 Å². The van der Waals surface area contributed by atoms with E-state index in [1.807, 2.05) is 21.6 Å². The Morgan fingerprint density at radius 3 is 2.74 bits per heavy atom. The Kier molecular flexibility index (Phi) is 5.53. The number of aromatic nitrogens is 1. The minimum Gasteiger partial charge on any atom is -0.340 e. The average Bonchev–Trinajstić information content (AvgIpc) is 2.46. The van der Waals surface area contributed by atoms with Crippen LogP contribution < -0.4 is 11.3 Å². The van der Waals surface area contributed by atoms with Gasteiger partial charge in [-0.05, 0) is 30.7 Å². The van der Waals surface area contributed by atoms with E-state index in [0.717, 1.165) is 25.1 Å². The first-order valence-corrected chi connectivity index (χ1v) is 8.19. The number of piperidine rings is 1. The monoisotopic (exact) mass is 339 g/mol. The van der Waals surface area contributed by atoms with Crippen molar-refractivity contribution >= 4 is 18.3 Å². The number of carbonyl (C=O) groups excluding carboxylic acids is 1. The lowest BCUT2D eigenvalue weighted by Gasteiger charge is -2.43. The van der Waals surface area contributed by atoms with Crippen molar-refractivity contribution in [2.24, 2.45) is 17.6 Å². The maximum Gasteiger partial charge on any atom is 0.250 e. The van der Waals surface area contributed by atoms with Crippen LogP contribution in [0.25, 0.3) is 0 Å². The summed E-state index contributed by atoms with van der Waals surface area (Å²) in [5.74, 6) is 1.11. The molecular formula is C17H26ClN3O2. The fourth-order valence-electron chi connectivity index (χ4n) is 3.92. The van der Waals surface area contributed by atoms with Crippen molar-refractivity contribution in [2.75, 3.05) is 13.1 Å². The highest BCUT2D eigenvalue weighted by molar-refractivity contribution is 5.85. The molecule has 2 aliphatic rings. The maximum absolute atomic E-state index is 12.6. The van der Waals surface area contributed by atoms with Gasteiger partial charge in [0, 0.05) is 37.3 Å².